The Morgan fingerprint density at radius 2 is 2.00 bits per heavy atom. The molecule has 1 aliphatic heterocycles. The molecule has 1 heterocycles. The van der Waals surface area contributed by atoms with Gasteiger partial charge in [0, 0.05) is 26.5 Å². The normalized spacial score (nSPS) is 20.9. The molecule has 14 nitrogen and oxygen atoms in total. The maximum atomic E-state index is 11.6. The van der Waals surface area contributed by atoms with Crippen molar-refractivity contribution in [2.24, 2.45) is 16.5 Å². The lowest BCUT2D eigenvalue weighted by atomic mass is 9.94. The molecular formula is C16H27N5O9. The number of nitrogens with one attached hydrogen (secondary N) is 2. The summed E-state index contributed by atoms with van der Waals surface area (Å²) in [6.45, 7) is 1.08. The van der Waals surface area contributed by atoms with Crippen LogP contribution in [-0.4, -0.2) is 81.7 Å². The number of aliphatic imine (C=N–C) groups is 1. The van der Waals surface area contributed by atoms with Gasteiger partial charge in [-0.1, -0.05) is 0 Å². The van der Waals surface area contributed by atoms with Crippen molar-refractivity contribution in [2.75, 3.05) is 13.2 Å². The van der Waals surface area contributed by atoms with E-state index < -0.39 is 54.3 Å². The van der Waals surface area contributed by atoms with E-state index in [2.05, 4.69) is 20.4 Å². The number of hydrogen-bond acceptors (Lipinski definition) is 9. The van der Waals surface area contributed by atoms with Crippen LogP contribution < -0.4 is 22.1 Å². The maximum absolute atomic E-state index is 11.6. The number of aliphatic carboxylic acids is 1. The van der Waals surface area contributed by atoms with E-state index in [1.165, 1.54) is 6.92 Å². The highest BCUT2D eigenvalue weighted by Crippen LogP contribution is 2.26. The third-order valence-electron chi connectivity index (χ3n) is 3.86. The highest BCUT2D eigenvalue weighted by atomic mass is 16.8. The lowest BCUT2D eigenvalue weighted by molar-refractivity contribution is -0.312. The molecule has 2 amide bonds. The van der Waals surface area contributed by atoms with Gasteiger partial charge in [0.25, 0.3) is 0 Å². The number of nitrogens with zero attached hydrogens (tertiary/aromatic N) is 1. The quantitative estimate of drug-likeness (QED) is 0.0748. The third-order valence-corrected chi connectivity index (χ3v) is 3.86. The smallest absolute Gasteiger partial charge is 0.411 e. The molecule has 0 aromatic heterocycles. The van der Waals surface area contributed by atoms with Crippen LogP contribution in [0.4, 0.5) is 4.79 Å². The van der Waals surface area contributed by atoms with E-state index in [0.29, 0.717) is 0 Å². The minimum atomic E-state index is -2.91. The van der Waals surface area contributed by atoms with E-state index in [0.717, 1.165) is 6.08 Å². The molecule has 0 radical (unpaired) electrons. The number of carbonyl (C=O) groups is 3. The maximum Gasteiger partial charge on any atom is 0.411 e. The van der Waals surface area contributed by atoms with Gasteiger partial charge in [-0.2, -0.15) is 0 Å². The minimum Gasteiger partial charge on any atom is -0.481 e. The molecule has 30 heavy (non-hydrogen) atoms. The first-order valence-corrected chi connectivity index (χ1v) is 8.95. The number of aliphatic hydroxyl groups excluding tert-OH is 1. The topological polar surface area (TPSA) is 239 Å². The summed E-state index contributed by atoms with van der Waals surface area (Å²) in [5, 5.41) is 42.4. The molecule has 0 aromatic rings. The monoisotopic (exact) mass is 433 g/mol. The van der Waals surface area contributed by atoms with Crippen molar-refractivity contribution in [3.05, 3.63) is 11.8 Å². The fraction of sp³-hybridized carbons (Fsp3) is 0.625. The van der Waals surface area contributed by atoms with Gasteiger partial charge in [-0.25, -0.2) is 14.6 Å². The standard InChI is InChI=1S/C16H27N5O9/c1-8(23)20-12-9(21-14(17)18)7-11(13(24)25)29-10(12)3-4-16(27,28)30-15(26)19-5-2-6-22/h7,9-10,12,22,27-28H,2-6H2,1H3,(H,19,26)(H,20,23)(H,24,25)(H4,17,18,21). The Kier molecular flexibility index (Phi) is 9.29. The third kappa shape index (κ3) is 8.50. The Hall–Kier alpha value is -3.10. The lowest BCUT2D eigenvalue weighted by Gasteiger charge is -2.36. The fourth-order valence-corrected chi connectivity index (χ4v) is 2.65. The number of carboxylic acid groups (broad SMARTS) is 1. The van der Waals surface area contributed by atoms with Gasteiger partial charge in [0.1, 0.15) is 6.10 Å². The van der Waals surface area contributed by atoms with E-state index in [1.54, 1.807) is 0 Å². The van der Waals surface area contributed by atoms with Crippen LogP contribution in [0.5, 0.6) is 0 Å². The molecule has 0 aromatic carbocycles. The number of alkyl carbamates (subject to hydrolysis) is 1. The van der Waals surface area contributed by atoms with Gasteiger partial charge in [0.2, 0.25) is 11.7 Å². The highest BCUT2D eigenvalue weighted by Gasteiger charge is 2.40. The minimum absolute atomic E-state index is 0.0503. The predicted octanol–water partition coefficient (Wildman–Crippen LogP) is -2.97. The van der Waals surface area contributed by atoms with E-state index in [1.807, 2.05) is 0 Å². The van der Waals surface area contributed by atoms with Crippen molar-refractivity contribution < 1.29 is 44.3 Å². The Morgan fingerprint density at radius 1 is 1.33 bits per heavy atom. The average molecular weight is 433 g/mol. The number of carboxylic acids is 1. The lowest BCUT2D eigenvalue weighted by Crippen LogP contribution is -2.54. The van der Waals surface area contributed by atoms with Gasteiger partial charge < -0.3 is 52.0 Å². The van der Waals surface area contributed by atoms with Gasteiger partial charge in [-0.15, -0.1) is 0 Å². The Labute approximate surface area is 171 Å². The molecule has 170 valence electrons. The summed E-state index contributed by atoms with van der Waals surface area (Å²) in [7, 11) is 0. The molecular weight excluding hydrogens is 406 g/mol. The summed E-state index contributed by atoms with van der Waals surface area (Å²) in [4.78, 5) is 38.4. The highest BCUT2D eigenvalue weighted by molar-refractivity contribution is 5.85. The summed E-state index contributed by atoms with van der Waals surface area (Å²) in [5.74, 6) is -5.69. The van der Waals surface area contributed by atoms with Crippen molar-refractivity contribution in [3.8, 4) is 0 Å². The number of guanidine groups is 1. The molecule has 0 spiro atoms. The Bertz CT molecular complexity index is 691. The van der Waals surface area contributed by atoms with Gasteiger partial charge in [-0.05, 0) is 18.9 Å². The predicted molar refractivity (Wildman–Crippen MR) is 100 cm³/mol. The number of hydrogen-bond donors (Lipinski definition) is 8. The van der Waals surface area contributed by atoms with Crippen LogP contribution in [0.3, 0.4) is 0 Å². The van der Waals surface area contributed by atoms with Crippen LogP contribution in [0, 0.1) is 0 Å². The van der Waals surface area contributed by atoms with Crippen LogP contribution >= 0.6 is 0 Å². The summed E-state index contributed by atoms with van der Waals surface area (Å²) in [5.41, 5.74) is 10.7. The molecule has 1 rings (SSSR count). The second-order valence-corrected chi connectivity index (χ2v) is 6.44. The summed E-state index contributed by atoms with van der Waals surface area (Å²) >= 11 is 0. The van der Waals surface area contributed by atoms with Crippen molar-refractivity contribution in [3.63, 3.8) is 0 Å². The Balaban J connectivity index is 2.93. The average Bonchev–Trinajstić information content (AvgIpc) is 2.60. The first kappa shape index (κ1) is 24.9. The molecule has 3 unspecified atom stereocenters. The molecule has 1 aliphatic rings. The van der Waals surface area contributed by atoms with Gasteiger partial charge in [0.05, 0.1) is 12.1 Å². The van der Waals surface area contributed by atoms with Crippen LogP contribution in [0.15, 0.2) is 16.8 Å². The van der Waals surface area contributed by atoms with Crippen LogP contribution in [0.25, 0.3) is 0 Å². The molecule has 0 aliphatic carbocycles. The fourth-order valence-electron chi connectivity index (χ4n) is 2.65. The number of aliphatic hydroxyl groups is 3. The molecule has 0 saturated heterocycles. The van der Waals surface area contributed by atoms with Crippen LogP contribution in [0.1, 0.15) is 26.2 Å². The Morgan fingerprint density at radius 3 is 2.53 bits per heavy atom. The molecule has 0 saturated carbocycles. The van der Waals surface area contributed by atoms with Crippen molar-refractivity contribution in [1.82, 2.24) is 10.6 Å². The summed E-state index contributed by atoms with van der Waals surface area (Å²) in [6.07, 6.45) is -1.75. The number of amides is 2. The van der Waals surface area contributed by atoms with E-state index in [-0.39, 0.29) is 32.0 Å². The SMILES string of the molecule is CC(=O)NC1C(N=C(N)N)C=C(C(=O)O)OC1CCC(O)(O)OC(=O)NCCCO. The second-order valence-electron chi connectivity index (χ2n) is 6.44. The molecule has 10 N–H and O–H groups in total. The zero-order valence-corrected chi connectivity index (χ0v) is 16.3. The molecule has 0 fully saturated rings. The molecule has 0 bridgehead atoms. The number of nitrogens with two attached hydrogens (primary N) is 2. The second kappa shape index (κ2) is 11.2. The van der Waals surface area contributed by atoms with Gasteiger partial charge >= 0.3 is 18.0 Å². The first-order valence-electron chi connectivity index (χ1n) is 8.95. The van der Waals surface area contributed by atoms with Gasteiger partial charge in [-0.3, -0.25) is 4.79 Å². The number of rotatable bonds is 10. The zero-order valence-electron chi connectivity index (χ0n) is 16.3. The first-order chi connectivity index (χ1) is 13.9. The van der Waals surface area contributed by atoms with Crippen molar-refractivity contribution >= 4 is 23.9 Å². The van der Waals surface area contributed by atoms with E-state index in [9.17, 15) is 29.7 Å². The molecule has 3 atom stereocenters. The van der Waals surface area contributed by atoms with E-state index in [4.69, 9.17) is 21.3 Å². The number of ether oxygens (including phenoxy) is 2. The van der Waals surface area contributed by atoms with Crippen LogP contribution in [0.2, 0.25) is 0 Å². The summed E-state index contributed by atoms with van der Waals surface area (Å²) in [6, 6.07) is -1.94. The van der Waals surface area contributed by atoms with E-state index >= 15 is 0 Å². The number of carbonyl (C=O) groups excluding carboxylic acids is 2. The molecule has 14 heteroatoms. The zero-order chi connectivity index (χ0) is 22.9. The van der Waals surface area contributed by atoms with Crippen molar-refractivity contribution in [2.45, 2.75) is 50.3 Å². The van der Waals surface area contributed by atoms with Crippen molar-refractivity contribution in [1.29, 1.82) is 0 Å². The summed E-state index contributed by atoms with van der Waals surface area (Å²) < 4.78 is 9.84. The van der Waals surface area contributed by atoms with Gasteiger partial charge in [0.15, 0.2) is 5.96 Å². The van der Waals surface area contributed by atoms with Crippen LogP contribution in [-0.2, 0) is 19.1 Å². The largest absolute Gasteiger partial charge is 0.481 e.